The van der Waals surface area contributed by atoms with Crippen LogP contribution < -0.4 is 15.2 Å². The van der Waals surface area contributed by atoms with Crippen molar-refractivity contribution < 1.29 is 14.3 Å². The molecule has 1 aromatic rings. The van der Waals surface area contributed by atoms with Crippen LogP contribution in [-0.4, -0.2) is 43.1 Å². The summed E-state index contributed by atoms with van der Waals surface area (Å²) < 4.78 is 10.3. The van der Waals surface area contributed by atoms with E-state index in [0.717, 1.165) is 6.42 Å². The number of nitrogens with two attached hydrogens (primary N) is 1. The van der Waals surface area contributed by atoms with E-state index in [1.165, 1.54) is 0 Å². The van der Waals surface area contributed by atoms with Gasteiger partial charge in [0.2, 0.25) is 0 Å². The molecule has 1 amide bonds. The van der Waals surface area contributed by atoms with Crippen molar-refractivity contribution in [2.75, 3.05) is 27.3 Å². The smallest absolute Gasteiger partial charge is 0.254 e. The number of nitrogens with zero attached hydrogens (tertiary/aromatic N) is 1. The first-order chi connectivity index (χ1) is 9.51. The van der Waals surface area contributed by atoms with Crippen LogP contribution in [0.1, 0.15) is 23.7 Å². The summed E-state index contributed by atoms with van der Waals surface area (Å²) in [5, 5.41) is 0. The van der Waals surface area contributed by atoms with Gasteiger partial charge in [-0.3, -0.25) is 4.79 Å². The third-order valence-corrected chi connectivity index (χ3v) is 2.85. The molecule has 2 N–H and O–H groups in total. The normalized spacial score (nSPS) is 9.95. The van der Waals surface area contributed by atoms with Gasteiger partial charge in [-0.2, -0.15) is 0 Å². The Morgan fingerprint density at radius 3 is 2.20 bits per heavy atom. The van der Waals surface area contributed by atoms with Gasteiger partial charge in [0.1, 0.15) is 11.5 Å². The van der Waals surface area contributed by atoms with Crippen LogP contribution in [0.3, 0.4) is 0 Å². The SMILES string of the molecule is CCCN(CC(N)=S)C(=O)c1cc(OC)cc(OC)c1. The van der Waals surface area contributed by atoms with Gasteiger partial charge in [-0.05, 0) is 18.6 Å². The van der Waals surface area contributed by atoms with Crippen molar-refractivity contribution in [2.45, 2.75) is 13.3 Å². The maximum Gasteiger partial charge on any atom is 0.254 e. The van der Waals surface area contributed by atoms with Crippen LogP contribution in [0.2, 0.25) is 0 Å². The van der Waals surface area contributed by atoms with Gasteiger partial charge in [-0.25, -0.2) is 0 Å². The molecule has 0 saturated carbocycles. The number of ether oxygens (including phenoxy) is 2. The summed E-state index contributed by atoms with van der Waals surface area (Å²) in [6.07, 6.45) is 0.829. The molecule has 110 valence electrons. The number of benzene rings is 1. The van der Waals surface area contributed by atoms with Crippen LogP contribution in [0.25, 0.3) is 0 Å². The van der Waals surface area contributed by atoms with Gasteiger partial charge >= 0.3 is 0 Å². The fourth-order valence-corrected chi connectivity index (χ4v) is 1.98. The highest BCUT2D eigenvalue weighted by atomic mass is 32.1. The molecule has 0 fully saturated rings. The summed E-state index contributed by atoms with van der Waals surface area (Å²) in [7, 11) is 3.09. The van der Waals surface area contributed by atoms with Crippen molar-refractivity contribution in [1.29, 1.82) is 0 Å². The van der Waals surface area contributed by atoms with Crippen molar-refractivity contribution >= 4 is 23.1 Å². The number of carbonyl (C=O) groups is 1. The third kappa shape index (κ3) is 4.38. The summed E-state index contributed by atoms with van der Waals surface area (Å²) in [6.45, 7) is 2.85. The molecule has 0 aliphatic carbocycles. The lowest BCUT2D eigenvalue weighted by Gasteiger charge is -2.22. The van der Waals surface area contributed by atoms with Gasteiger partial charge in [0.25, 0.3) is 5.91 Å². The molecule has 0 bridgehead atoms. The second-order valence-corrected chi connectivity index (χ2v) is 4.82. The molecule has 0 unspecified atom stereocenters. The Hall–Kier alpha value is -1.82. The maximum absolute atomic E-state index is 12.5. The van der Waals surface area contributed by atoms with Crippen LogP contribution in [0.5, 0.6) is 11.5 Å². The van der Waals surface area contributed by atoms with Crippen molar-refractivity contribution in [2.24, 2.45) is 5.73 Å². The van der Waals surface area contributed by atoms with Crippen molar-refractivity contribution in [3.8, 4) is 11.5 Å². The Morgan fingerprint density at radius 2 is 1.80 bits per heavy atom. The first kappa shape index (κ1) is 16.2. The van der Waals surface area contributed by atoms with E-state index in [4.69, 9.17) is 27.4 Å². The van der Waals surface area contributed by atoms with Gasteiger partial charge in [-0.1, -0.05) is 19.1 Å². The molecule has 5 nitrogen and oxygen atoms in total. The molecule has 1 rings (SSSR count). The standard InChI is InChI=1S/C14H20N2O3S/c1-4-5-16(9-13(15)20)14(17)10-6-11(18-2)8-12(7-10)19-3/h6-8H,4-5,9H2,1-3H3,(H2,15,20). The highest BCUT2D eigenvalue weighted by molar-refractivity contribution is 7.80. The van der Waals surface area contributed by atoms with E-state index in [1.807, 2.05) is 6.92 Å². The Bertz CT molecular complexity index is 469. The van der Waals surface area contributed by atoms with Gasteiger partial charge in [0, 0.05) is 18.2 Å². The summed E-state index contributed by atoms with van der Waals surface area (Å²) in [6, 6.07) is 5.06. The zero-order chi connectivity index (χ0) is 15.1. The fraction of sp³-hybridized carbons (Fsp3) is 0.429. The van der Waals surface area contributed by atoms with Crippen LogP contribution in [0, 0.1) is 0 Å². The Kier molecular flexibility index (Phi) is 6.24. The molecule has 0 atom stereocenters. The van der Waals surface area contributed by atoms with Gasteiger partial charge in [0.05, 0.1) is 25.8 Å². The minimum absolute atomic E-state index is 0.142. The molecular formula is C14H20N2O3S. The predicted octanol–water partition coefficient (Wildman–Crippen LogP) is 1.84. The molecule has 6 heteroatoms. The first-order valence-corrected chi connectivity index (χ1v) is 6.73. The third-order valence-electron chi connectivity index (χ3n) is 2.73. The monoisotopic (exact) mass is 296 g/mol. The van der Waals surface area contributed by atoms with Crippen molar-refractivity contribution in [1.82, 2.24) is 4.90 Å². The second kappa shape index (κ2) is 7.69. The van der Waals surface area contributed by atoms with E-state index in [0.29, 0.717) is 28.6 Å². The lowest BCUT2D eigenvalue weighted by Crippen LogP contribution is -2.38. The lowest BCUT2D eigenvalue weighted by atomic mass is 10.1. The minimum atomic E-state index is -0.142. The quantitative estimate of drug-likeness (QED) is 0.778. The van der Waals surface area contributed by atoms with E-state index in [2.05, 4.69) is 0 Å². The molecule has 0 heterocycles. The first-order valence-electron chi connectivity index (χ1n) is 6.32. The van der Waals surface area contributed by atoms with E-state index < -0.39 is 0 Å². The predicted molar refractivity (Wildman–Crippen MR) is 82.5 cm³/mol. The van der Waals surface area contributed by atoms with E-state index in [1.54, 1.807) is 37.3 Å². The number of methoxy groups -OCH3 is 2. The van der Waals surface area contributed by atoms with Crippen LogP contribution in [-0.2, 0) is 0 Å². The van der Waals surface area contributed by atoms with Crippen LogP contribution in [0.15, 0.2) is 18.2 Å². The summed E-state index contributed by atoms with van der Waals surface area (Å²) >= 11 is 4.89. The van der Waals surface area contributed by atoms with Crippen LogP contribution in [0.4, 0.5) is 0 Å². The second-order valence-electron chi connectivity index (χ2n) is 4.29. The topological polar surface area (TPSA) is 64.8 Å². The lowest BCUT2D eigenvalue weighted by molar-refractivity contribution is 0.0779. The summed E-state index contributed by atoms with van der Waals surface area (Å²) in [5.74, 6) is 0.996. The highest BCUT2D eigenvalue weighted by Gasteiger charge is 2.17. The molecule has 20 heavy (non-hydrogen) atoms. The minimum Gasteiger partial charge on any atom is -0.497 e. The number of hydrogen-bond acceptors (Lipinski definition) is 4. The number of hydrogen-bond donors (Lipinski definition) is 1. The number of amides is 1. The van der Waals surface area contributed by atoms with Crippen molar-refractivity contribution in [3.63, 3.8) is 0 Å². The Balaban J connectivity index is 3.06. The van der Waals surface area contributed by atoms with E-state index >= 15 is 0 Å². The fourth-order valence-electron chi connectivity index (χ4n) is 1.82. The van der Waals surface area contributed by atoms with Crippen molar-refractivity contribution in [3.05, 3.63) is 23.8 Å². The average Bonchev–Trinajstić information content (AvgIpc) is 2.44. The molecular weight excluding hydrogens is 276 g/mol. The number of carbonyl (C=O) groups excluding carboxylic acids is 1. The largest absolute Gasteiger partial charge is 0.497 e. The molecule has 0 radical (unpaired) electrons. The molecule has 1 aromatic carbocycles. The summed E-state index contributed by atoms with van der Waals surface area (Å²) in [5.41, 5.74) is 6.03. The van der Waals surface area contributed by atoms with E-state index in [-0.39, 0.29) is 12.5 Å². The molecule has 0 spiro atoms. The zero-order valence-electron chi connectivity index (χ0n) is 12.0. The Labute approximate surface area is 124 Å². The number of rotatable bonds is 7. The van der Waals surface area contributed by atoms with E-state index in [9.17, 15) is 4.79 Å². The van der Waals surface area contributed by atoms with Crippen LogP contribution >= 0.6 is 12.2 Å². The van der Waals surface area contributed by atoms with Gasteiger partial charge in [-0.15, -0.1) is 0 Å². The van der Waals surface area contributed by atoms with Gasteiger partial charge in [0.15, 0.2) is 0 Å². The summed E-state index contributed by atoms with van der Waals surface area (Å²) in [4.78, 5) is 14.4. The molecule has 0 aromatic heterocycles. The maximum atomic E-state index is 12.5. The molecule has 0 aliphatic rings. The van der Waals surface area contributed by atoms with Gasteiger partial charge < -0.3 is 20.1 Å². The average molecular weight is 296 g/mol. The highest BCUT2D eigenvalue weighted by Crippen LogP contribution is 2.23. The molecule has 0 saturated heterocycles. The Morgan fingerprint density at radius 1 is 1.25 bits per heavy atom. The molecule has 0 aliphatic heterocycles. The number of thiocarbonyl (C=S) groups is 1. The zero-order valence-corrected chi connectivity index (χ0v) is 12.8.